The van der Waals surface area contributed by atoms with Gasteiger partial charge in [-0.25, -0.2) is 4.98 Å². The Morgan fingerprint density at radius 2 is 2.12 bits per heavy atom. The molecule has 0 spiro atoms. The van der Waals surface area contributed by atoms with Crippen LogP contribution in [0.15, 0.2) is 24.4 Å². The largest absolute Gasteiger partial charge is 0.431 e. The standard InChI is InChI=1S/C12H12N2OS/c13-11-7-14-12(16-11)15-10-5-4-8-2-1-3-9(8)6-10/h4-7H,1-3,13H2. The van der Waals surface area contributed by atoms with Gasteiger partial charge in [-0.3, -0.25) is 0 Å². The van der Waals surface area contributed by atoms with Crippen molar-refractivity contribution >= 4 is 16.3 Å². The third-order valence-electron chi connectivity index (χ3n) is 2.78. The molecule has 2 aromatic rings. The van der Waals surface area contributed by atoms with Crippen molar-refractivity contribution in [3.8, 4) is 10.9 Å². The molecule has 0 fully saturated rings. The van der Waals surface area contributed by atoms with E-state index in [2.05, 4.69) is 17.1 Å². The molecule has 2 N–H and O–H groups in total. The van der Waals surface area contributed by atoms with E-state index in [9.17, 15) is 0 Å². The van der Waals surface area contributed by atoms with E-state index >= 15 is 0 Å². The average Bonchev–Trinajstić information content (AvgIpc) is 2.87. The number of ether oxygens (including phenoxy) is 1. The lowest BCUT2D eigenvalue weighted by molar-refractivity contribution is 0.478. The highest BCUT2D eigenvalue weighted by molar-refractivity contribution is 7.17. The van der Waals surface area contributed by atoms with Crippen LogP contribution in [-0.2, 0) is 12.8 Å². The summed E-state index contributed by atoms with van der Waals surface area (Å²) in [5, 5.41) is 1.28. The average molecular weight is 232 g/mol. The fourth-order valence-electron chi connectivity index (χ4n) is 2.03. The summed E-state index contributed by atoms with van der Waals surface area (Å²) in [6, 6.07) is 6.26. The van der Waals surface area contributed by atoms with Gasteiger partial charge in [0.2, 0.25) is 0 Å². The minimum Gasteiger partial charge on any atom is -0.431 e. The van der Waals surface area contributed by atoms with Gasteiger partial charge in [0.1, 0.15) is 10.8 Å². The maximum atomic E-state index is 5.65. The summed E-state index contributed by atoms with van der Waals surface area (Å²) in [7, 11) is 0. The Morgan fingerprint density at radius 3 is 2.94 bits per heavy atom. The summed E-state index contributed by atoms with van der Waals surface area (Å²) in [6.07, 6.45) is 5.22. The molecule has 1 aromatic heterocycles. The second-order valence-electron chi connectivity index (χ2n) is 3.91. The Bertz CT molecular complexity index is 521. The van der Waals surface area contributed by atoms with Crippen LogP contribution < -0.4 is 10.5 Å². The van der Waals surface area contributed by atoms with Gasteiger partial charge in [0.05, 0.1) is 6.20 Å². The summed E-state index contributed by atoms with van der Waals surface area (Å²) in [5.41, 5.74) is 8.45. The number of rotatable bonds is 2. The maximum Gasteiger partial charge on any atom is 0.280 e. The second kappa shape index (κ2) is 3.79. The molecule has 1 aliphatic rings. The van der Waals surface area contributed by atoms with Gasteiger partial charge in [0.15, 0.2) is 0 Å². The number of fused-ring (bicyclic) bond motifs is 1. The minimum atomic E-state index is 0.607. The predicted octanol–water partition coefficient (Wildman–Crippen LogP) is 3.01. The van der Waals surface area contributed by atoms with Crippen LogP contribution in [0.2, 0.25) is 0 Å². The van der Waals surface area contributed by atoms with Gasteiger partial charge in [0.25, 0.3) is 5.19 Å². The van der Waals surface area contributed by atoms with E-state index in [-0.39, 0.29) is 0 Å². The normalized spacial score (nSPS) is 13.8. The van der Waals surface area contributed by atoms with E-state index < -0.39 is 0 Å². The van der Waals surface area contributed by atoms with Crippen LogP contribution in [0.5, 0.6) is 10.9 Å². The number of aryl methyl sites for hydroxylation is 2. The first-order chi connectivity index (χ1) is 7.81. The first-order valence-electron chi connectivity index (χ1n) is 5.32. The third kappa shape index (κ3) is 1.76. The molecule has 0 aliphatic heterocycles. The highest BCUT2D eigenvalue weighted by Crippen LogP contribution is 2.31. The van der Waals surface area contributed by atoms with Crippen LogP contribution >= 0.6 is 11.3 Å². The number of hydrogen-bond donors (Lipinski definition) is 1. The van der Waals surface area contributed by atoms with E-state index in [1.54, 1.807) is 6.20 Å². The minimum absolute atomic E-state index is 0.607. The van der Waals surface area contributed by atoms with Crippen molar-refractivity contribution in [3.63, 3.8) is 0 Å². The number of aromatic nitrogens is 1. The highest BCUT2D eigenvalue weighted by Gasteiger charge is 2.12. The monoisotopic (exact) mass is 232 g/mol. The van der Waals surface area contributed by atoms with Crippen LogP contribution in [0.25, 0.3) is 0 Å². The van der Waals surface area contributed by atoms with E-state index in [0.717, 1.165) is 12.2 Å². The van der Waals surface area contributed by atoms with Crippen LogP contribution in [0, 0.1) is 0 Å². The molecule has 0 atom stereocenters. The fourth-order valence-corrected chi connectivity index (χ4v) is 2.58. The smallest absolute Gasteiger partial charge is 0.280 e. The zero-order valence-corrected chi connectivity index (χ0v) is 9.59. The lowest BCUT2D eigenvalue weighted by Gasteiger charge is -2.04. The van der Waals surface area contributed by atoms with Gasteiger partial charge in [-0.15, -0.1) is 0 Å². The molecule has 82 valence electrons. The van der Waals surface area contributed by atoms with Crippen molar-refractivity contribution in [2.75, 3.05) is 5.73 Å². The van der Waals surface area contributed by atoms with Crippen molar-refractivity contribution in [1.29, 1.82) is 0 Å². The zero-order valence-electron chi connectivity index (χ0n) is 8.77. The molecule has 4 heteroatoms. The summed E-state index contributed by atoms with van der Waals surface area (Å²) in [5.74, 6) is 0.856. The first-order valence-corrected chi connectivity index (χ1v) is 6.14. The van der Waals surface area contributed by atoms with Crippen LogP contribution in [-0.4, -0.2) is 4.98 Å². The molecule has 3 rings (SSSR count). The molecule has 3 nitrogen and oxygen atoms in total. The number of nitrogens with two attached hydrogens (primary N) is 1. The van der Waals surface area contributed by atoms with Crippen molar-refractivity contribution in [2.45, 2.75) is 19.3 Å². The number of hydrogen-bond acceptors (Lipinski definition) is 4. The molecular weight excluding hydrogens is 220 g/mol. The summed E-state index contributed by atoms with van der Waals surface area (Å²) in [6.45, 7) is 0. The third-order valence-corrected chi connectivity index (χ3v) is 3.48. The Labute approximate surface area is 97.9 Å². The summed E-state index contributed by atoms with van der Waals surface area (Å²) < 4.78 is 5.65. The van der Waals surface area contributed by atoms with Crippen molar-refractivity contribution < 1.29 is 4.74 Å². The molecular formula is C12H12N2OS. The quantitative estimate of drug-likeness (QED) is 0.865. The highest BCUT2D eigenvalue weighted by atomic mass is 32.1. The van der Waals surface area contributed by atoms with Gasteiger partial charge in [-0.1, -0.05) is 17.4 Å². The molecule has 0 saturated heterocycles. The predicted molar refractivity (Wildman–Crippen MR) is 65.1 cm³/mol. The topological polar surface area (TPSA) is 48.1 Å². The molecule has 0 radical (unpaired) electrons. The van der Waals surface area contributed by atoms with E-state index in [0.29, 0.717) is 10.2 Å². The van der Waals surface area contributed by atoms with Gasteiger partial charge in [-0.05, 0) is 42.5 Å². The molecule has 16 heavy (non-hydrogen) atoms. The zero-order chi connectivity index (χ0) is 11.0. The number of thiazole rings is 1. The lowest BCUT2D eigenvalue weighted by atomic mass is 10.1. The summed E-state index contributed by atoms with van der Waals surface area (Å²) in [4.78, 5) is 4.08. The van der Waals surface area contributed by atoms with Crippen molar-refractivity contribution in [1.82, 2.24) is 4.98 Å². The lowest BCUT2D eigenvalue weighted by Crippen LogP contribution is -1.86. The van der Waals surface area contributed by atoms with Gasteiger partial charge < -0.3 is 10.5 Å². The number of nitrogens with zero attached hydrogens (tertiary/aromatic N) is 1. The van der Waals surface area contributed by atoms with E-state index in [1.807, 2.05) is 6.07 Å². The molecule has 1 aliphatic carbocycles. The van der Waals surface area contributed by atoms with Gasteiger partial charge in [-0.2, -0.15) is 0 Å². The molecule has 0 amide bonds. The molecule has 0 unspecified atom stereocenters. The molecule has 1 heterocycles. The fraction of sp³-hybridized carbons (Fsp3) is 0.250. The number of benzene rings is 1. The molecule has 0 bridgehead atoms. The van der Waals surface area contributed by atoms with E-state index in [1.165, 1.54) is 35.3 Å². The van der Waals surface area contributed by atoms with Crippen LogP contribution in [0.3, 0.4) is 0 Å². The van der Waals surface area contributed by atoms with Crippen molar-refractivity contribution in [3.05, 3.63) is 35.5 Å². The van der Waals surface area contributed by atoms with Crippen LogP contribution in [0.1, 0.15) is 17.5 Å². The SMILES string of the molecule is Nc1cnc(Oc2ccc3c(c2)CCC3)s1. The maximum absolute atomic E-state index is 5.65. The Hall–Kier alpha value is -1.55. The Morgan fingerprint density at radius 1 is 1.25 bits per heavy atom. The van der Waals surface area contributed by atoms with E-state index in [4.69, 9.17) is 10.5 Å². The van der Waals surface area contributed by atoms with Gasteiger partial charge >= 0.3 is 0 Å². The second-order valence-corrected chi connectivity index (χ2v) is 4.94. The number of anilines is 1. The van der Waals surface area contributed by atoms with Crippen LogP contribution in [0.4, 0.5) is 5.00 Å². The molecule has 0 saturated carbocycles. The molecule has 1 aromatic carbocycles. The van der Waals surface area contributed by atoms with Gasteiger partial charge in [0, 0.05) is 0 Å². The first kappa shape index (κ1) is 9.66. The van der Waals surface area contributed by atoms with Crippen molar-refractivity contribution in [2.24, 2.45) is 0 Å². The summed E-state index contributed by atoms with van der Waals surface area (Å²) >= 11 is 1.36. The Kier molecular flexibility index (Phi) is 2.29. The number of nitrogen functional groups attached to an aromatic ring is 1. The Balaban J connectivity index is 1.85.